The lowest BCUT2D eigenvalue weighted by molar-refractivity contribution is -0.153. The van der Waals surface area contributed by atoms with E-state index >= 15 is 0 Å². The van der Waals surface area contributed by atoms with Gasteiger partial charge >= 0.3 is 5.97 Å². The maximum Gasteiger partial charge on any atom is 0.323 e. The van der Waals surface area contributed by atoms with Crippen molar-refractivity contribution in [3.05, 3.63) is 35.9 Å². The van der Waals surface area contributed by atoms with Crippen molar-refractivity contribution >= 4 is 24.3 Å². The van der Waals surface area contributed by atoms with E-state index < -0.39 is 11.5 Å². The number of carboxylic acids is 1. The molecule has 0 aromatic heterocycles. The van der Waals surface area contributed by atoms with E-state index in [0.29, 0.717) is 6.54 Å². The van der Waals surface area contributed by atoms with Crippen molar-refractivity contribution in [2.45, 2.75) is 37.3 Å². The molecule has 0 bridgehead atoms. The Bertz CT molecular complexity index is 544. The average Bonchev–Trinajstić information content (AvgIpc) is 2.95. The van der Waals surface area contributed by atoms with Crippen LogP contribution < -0.4 is 5.32 Å². The van der Waals surface area contributed by atoms with Crippen molar-refractivity contribution in [3.8, 4) is 0 Å². The second kappa shape index (κ2) is 6.67. The third-order valence-corrected chi connectivity index (χ3v) is 4.63. The number of nitrogens with one attached hydrogen (secondary N) is 1. The molecule has 120 valence electrons. The van der Waals surface area contributed by atoms with Crippen LogP contribution in [-0.2, 0) is 9.59 Å². The van der Waals surface area contributed by atoms with Crippen LogP contribution in [0.4, 0.5) is 0 Å². The Morgan fingerprint density at radius 3 is 2.50 bits per heavy atom. The first-order chi connectivity index (χ1) is 10.1. The fourth-order valence-corrected chi connectivity index (χ4v) is 3.56. The molecule has 2 aliphatic rings. The van der Waals surface area contributed by atoms with E-state index in [9.17, 15) is 9.59 Å². The Hall–Kier alpha value is -1.59. The highest BCUT2D eigenvalue weighted by molar-refractivity contribution is 5.90. The third kappa shape index (κ3) is 2.96. The van der Waals surface area contributed by atoms with Crippen LogP contribution in [-0.4, -0.2) is 40.5 Å². The lowest BCUT2D eigenvalue weighted by atomic mass is 9.89. The van der Waals surface area contributed by atoms with Crippen molar-refractivity contribution in [2.75, 3.05) is 13.1 Å². The highest BCUT2D eigenvalue weighted by Gasteiger charge is 2.49. The van der Waals surface area contributed by atoms with Gasteiger partial charge in [0, 0.05) is 6.54 Å². The number of aliphatic carboxylic acids is 1. The maximum atomic E-state index is 12.9. The number of carbonyl (C=O) groups is 2. The zero-order chi connectivity index (χ0) is 14.9. The molecule has 6 heteroatoms. The molecule has 2 fully saturated rings. The van der Waals surface area contributed by atoms with Crippen molar-refractivity contribution in [1.82, 2.24) is 10.2 Å². The van der Waals surface area contributed by atoms with E-state index in [4.69, 9.17) is 5.11 Å². The standard InChI is InChI=1S/C16H20N2O3.ClH/c19-14(20)11-18-13(12-6-2-1-3-7-12)10-17-16(15(18)21)8-4-5-9-16;/h1-3,6-7,13,17H,4-5,8-11H2,(H,19,20);1H. The minimum absolute atomic E-state index is 0. The van der Waals surface area contributed by atoms with Crippen LogP contribution in [0.5, 0.6) is 0 Å². The number of hydrogen-bond acceptors (Lipinski definition) is 3. The van der Waals surface area contributed by atoms with Crippen LogP contribution in [0.2, 0.25) is 0 Å². The third-order valence-electron chi connectivity index (χ3n) is 4.63. The van der Waals surface area contributed by atoms with E-state index in [1.54, 1.807) is 4.90 Å². The van der Waals surface area contributed by atoms with E-state index in [2.05, 4.69) is 5.32 Å². The predicted molar refractivity (Wildman–Crippen MR) is 85.0 cm³/mol. The number of rotatable bonds is 3. The van der Waals surface area contributed by atoms with Gasteiger partial charge in [-0.25, -0.2) is 0 Å². The molecule has 1 aromatic rings. The Kier molecular flexibility index (Phi) is 5.08. The summed E-state index contributed by atoms with van der Waals surface area (Å²) in [5, 5.41) is 12.6. The molecule has 1 spiro atoms. The van der Waals surface area contributed by atoms with Crippen molar-refractivity contribution in [1.29, 1.82) is 0 Å². The highest BCUT2D eigenvalue weighted by Crippen LogP contribution is 2.37. The van der Waals surface area contributed by atoms with Gasteiger partial charge in [-0.05, 0) is 18.4 Å². The lowest BCUT2D eigenvalue weighted by Gasteiger charge is -2.45. The van der Waals surface area contributed by atoms with Crippen LogP contribution in [0.15, 0.2) is 30.3 Å². The molecule has 1 amide bonds. The summed E-state index contributed by atoms with van der Waals surface area (Å²) in [7, 11) is 0. The first-order valence-electron chi connectivity index (χ1n) is 7.45. The molecule has 1 aliphatic heterocycles. The summed E-state index contributed by atoms with van der Waals surface area (Å²) in [6.45, 7) is 0.380. The van der Waals surface area contributed by atoms with Crippen LogP contribution in [0.1, 0.15) is 37.3 Å². The first kappa shape index (κ1) is 16.8. The van der Waals surface area contributed by atoms with Crippen LogP contribution >= 0.6 is 12.4 Å². The average molecular weight is 325 g/mol. The summed E-state index contributed by atoms with van der Waals surface area (Å²) in [6.07, 6.45) is 3.66. The van der Waals surface area contributed by atoms with Crippen molar-refractivity contribution in [2.24, 2.45) is 0 Å². The van der Waals surface area contributed by atoms with Gasteiger partial charge in [-0.1, -0.05) is 43.2 Å². The summed E-state index contributed by atoms with van der Waals surface area (Å²) in [5.74, 6) is -1.01. The monoisotopic (exact) mass is 324 g/mol. The quantitative estimate of drug-likeness (QED) is 0.892. The summed E-state index contributed by atoms with van der Waals surface area (Å²) in [5.41, 5.74) is 0.452. The van der Waals surface area contributed by atoms with Gasteiger partial charge in [0.25, 0.3) is 0 Å². The fraction of sp³-hybridized carbons (Fsp3) is 0.500. The number of piperazine rings is 1. The summed E-state index contributed by atoms with van der Waals surface area (Å²) < 4.78 is 0. The first-order valence-corrected chi connectivity index (χ1v) is 7.45. The number of carbonyl (C=O) groups excluding carboxylic acids is 1. The van der Waals surface area contributed by atoms with E-state index in [1.807, 2.05) is 30.3 Å². The Morgan fingerprint density at radius 2 is 1.91 bits per heavy atom. The second-order valence-electron chi connectivity index (χ2n) is 5.92. The molecule has 1 atom stereocenters. The molecule has 1 saturated heterocycles. The SMILES string of the molecule is Cl.O=C(O)CN1C(=O)C2(CCCC2)NCC1c1ccccc1. The van der Waals surface area contributed by atoms with E-state index in [1.165, 1.54) is 0 Å². The number of nitrogens with zero attached hydrogens (tertiary/aromatic N) is 1. The van der Waals surface area contributed by atoms with E-state index in [0.717, 1.165) is 31.2 Å². The van der Waals surface area contributed by atoms with Crippen molar-refractivity contribution < 1.29 is 14.7 Å². The zero-order valence-corrected chi connectivity index (χ0v) is 13.1. The molecule has 1 unspecified atom stereocenters. The molecule has 2 N–H and O–H groups in total. The number of halogens is 1. The topological polar surface area (TPSA) is 69.6 Å². The minimum Gasteiger partial charge on any atom is -0.480 e. The number of hydrogen-bond donors (Lipinski definition) is 2. The largest absolute Gasteiger partial charge is 0.480 e. The smallest absolute Gasteiger partial charge is 0.323 e. The summed E-state index contributed by atoms with van der Waals surface area (Å²) in [6, 6.07) is 9.43. The molecule has 0 radical (unpaired) electrons. The zero-order valence-electron chi connectivity index (χ0n) is 12.3. The van der Waals surface area contributed by atoms with Gasteiger partial charge in [0.15, 0.2) is 0 Å². The van der Waals surface area contributed by atoms with Gasteiger partial charge in [-0.2, -0.15) is 0 Å². The Balaban J connectivity index is 0.00000176. The number of benzene rings is 1. The number of carboxylic acid groups (broad SMARTS) is 1. The fourth-order valence-electron chi connectivity index (χ4n) is 3.56. The Morgan fingerprint density at radius 1 is 1.27 bits per heavy atom. The maximum absolute atomic E-state index is 12.9. The van der Waals surface area contributed by atoms with Gasteiger partial charge < -0.3 is 15.3 Å². The molecule has 3 rings (SSSR count). The van der Waals surface area contributed by atoms with Crippen LogP contribution in [0.25, 0.3) is 0 Å². The molecule has 1 saturated carbocycles. The van der Waals surface area contributed by atoms with Gasteiger partial charge in [0.2, 0.25) is 5.91 Å². The van der Waals surface area contributed by atoms with Crippen molar-refractivity contribution in [3.63, 3.8) is 0 Å². The summed E-state index contributed by atoms with van der Waals surface area (Å²) in [4.78, 5) is 25.6. The van der Waals surface area contributed by atoms with Crippen LogP contribution in [0.3, 0.4) is 0 Å². The van der Waals surface area contributed by atoms with Gasteiger partial charge in [0.1, 0.15) is 6.54 Å². The molecular weight excluding hydrogens is 304 g/mol. The highest BCUT2D eigenvalue weighted by atomic mass is 35.5. The van der Waals surface area contributed by atoms with Gasteiger partial charge in [-0.15, -0.1) is 12.4 Å². The molecule has 1 aliphatic carbocycles. The molecule has 22 heavy (non-hydrogen) atoms. The summed E-state index contributed by atoms with van der Waals surface area (Å²) >= 11 is 0. The van der Waals surface area contributed by atoms with Gasteiger partial charge in [-0.3, -0.25) is 9.59 Å². The number of amides is 1. The molecule has 1 aromatic carbocycles. The minimum atomic E-state index is -0.959. The lowest BCUT2D eigenvalue weighted by Crippen LogP contribution is -2.64. The second-order valence-corrected chi connectivity index (χ2v) is 5.92. The normalized spacial score (nSPS) is 23.4. The molecule has 5 nitrogen and oxygen atoms in total. The van der Waals surface area contributed by atoms with Crippen LogP contribution in [0, 0.1) is 0 Å². The van der Waals surface area contributed by atoms with Gasteiger partial charge in [0.05, 0.1) is 11.6 Å². The predicted octanol–water partition coefficient (Wildman–Crippen LogP) is 1.98. The molecule has 1 heterocycles. The Labute approximate surface area is 136 Å². The molecular formula is C16H21ClN2O3. The van der Waals surface area contributed by atoms with E-state index in [-0.39, 0.29) is 30.9 Å².